The summed E-state index contributed by atoms with van der Waals surface area (Å²) in [5, 5.41) is 0. The number of hydrogen-bond donors (Lipinski definition) is 0. The molecule has 2 aromatic rings. The number of allylic oxidation sites excluding steroid dienone is 4. The summed E-state index contributed by atoms with van der Waals surface area (Å²) in [6.45, 7) is 1.13. The lowest BCUT2D eigenvalue weighted by atomic mass is 9.70. The molecule has 2 aliphatic carbocycles. The van der Waals surface area contributed by atoms with Gasteiger partial charge in [-0.25, -0.2) is 0 Å². The molecule has 4 atom stereocenters. The minimum Gasteiger partial charge on any atom is -0.496 e. The molecule has 0 heterocycles. The van der Waals surface area contributed by atoms with Gasteiger partial charge in [-0.05, 0) is 25.0 Å². The highest BCUT2D eigenvalue weighted by molar-refractivity contribution is 5.48. The summed E-state index contributed by atoms with van der Waals surface area (Å²) < 4.78 is 29.7. The maximum atomic E-state index is 6.36. The van der Waals surface area contributed by atoms with Gasteiger partial charge < -0.3 is 23.7 Å². The summed E-state index contributed by atoms with van der Waals surface area (Å²) in [6.07, 6.45) is 18.1. The van der Waals surface area contributed by atoms with E-state index < -0.39 is 0 Å². The lowest BCUT2D eigenvalue weighted by Gasteiger charge is -2.40. The van der Waals surface area contributed by atoms with Crippen molar-refractivity contribution in [3.8, 4) is 11.5 Å². The zero-order valence-electron chi connectivity index (χ0n) is 22.3. The summed E-state index contributed by atoms with van der Waals surface area (Å²) in [5.74, 6) is 1.70. The molecule has 0 bridgehead atoms. The molecule has 5 heteroatoms. The molecular formula is C32H38O5. The second-order valence-corrected chi connectivity index (χ2v) is 9.39. The normalized spacial score (nSPS) is 26.4. The van der Waals surface area contributed by atoms with Crippen LogP contribution in [0.15, 0.2) is 97.1 Å². The second-order valence-electron chi connectivity index (χ2n) is 9.39. The van der Waals surface area contributed by atoms with E-state index in [1.54, 1.807) is 28.4 Å². The van der Waals surface area contributed by atoms with Gasteiger partial charge in [0.15, 0.2) is 0 Å². The summed E-state index contributed by atoms with van der Waals surface area (Å²) in [7, 11) is 6.93. The molecule has 0 N–H and O–H groups in total. The molecule has 4 unspecified atom stereocenters. The minimum absolute atomic E-state index is 0.124. The molecule has 0 radical (unpaired) electrons. The van der Waals surface area contributed by atoms with Crippen LogP contribution in [-0.4, -0.2) is 53.9 Å². The average Bonchev–Trinajstić information content (AvgIpc) is 2.97. The van der Waals surface area contributed by atoms with E-state index in [9.17, 15) is 0 Å². The van der Waals surface area contributed by atoms with E-state index >= 15 is 0 Å². The van der Waals surface area contributed by atoms with Crippen LogP contribution in [-0.2, 0) is 25.0 Å². The van der Waals surface area contributed by atoms with Gasteiger partial charge in [-0.1, -0.05) is 85.0 Å². The van der Waals surface area contributed by atoms with Crippen LogP contribution in [0.1, 0.15) is 24.0 Å². The third-order valence-electron chi connectivity index (χ3n) is 7.64. The predicted octanol–water partition coefficient (Wildman–Crippen LogP) is 5.96. The molecule has 4 rings (SSSR count). The smallest absolute Gasteiger partial charge is 0.123 e. The lowest BCUT2D eigenvalue weighted by molar-refractivity contribution is 0.0370. The Morgan fingerprint density at radius 3 is 1.43 bits per heavy atom. The fourth-order valence-corrected chi connectivity index (χ4v) is 5.74. The first-order valence-electron chi connectivity index (χ1n) is 12.8. The van der Waals surface area contributed by atoms with Crippen LogP contribution in [0, 0.1) is 0 Å². The molecule has 0 saturated heterocycles. The first-order chi connectivity index (χ1) is 18.1. The van der Waals surface area contributed by atoms with Crippen molar-refractivity contribution in [2.75, 3.05) is 41.7 Å². The second kappa shape index (κ2) is 12.4. The van der Waals surface area contributed by atoms with Gasteiger partial charge >= 0.3 is 0 Å². The molecule has 0 aromatic heterocycles. The summed E-state index contributed by atoms with van der Waals surface area (Å²) in [4.78, 5) is 0. The maximum Gasteiger partial charge on any atom is 0.123 e. The number of ether oxygens (including phenoxy) is 5. The SMILES string of the molecule is COc1ccccc1C1(CCOCCC2(c3ccccc3OC)C=CC=CC2OC)C=CC=CC1OC. The van der Waals surface area contributed by atoms with Gasteiger partial charge in [0.1, 0.15) is 11.5 Å². The molecule has 2 aromatic carbocycles. The van der Waals surface area contributed by atoms with Gasteiger partial charge in [-0.3, -0.25) is 0 Å². The zero-order valence-corrected chi connectivity index (χ0v) is 22.3. The number of benzene rings is 2. The van der Waals surface area contributed by atoms with Crippen LogP contribution in [0.25, 0.3) is 0 Å². The van der Waals surface area contributed by atoms with Crippen LogP contribution in [0.4, 0.5) is 0 Å². The topological polar surface area (TPSA) is 46.2 Å². The predicted molar refractivity (Wildman–Crippen MR) is 148 cm³/mol. The first kappa shape index (κ1) is 26.9. The highest BCUT2D eigenvalue weighted by Gasteiger charge is 2.42. The molecule has 5 nitrogen and oxygen atoms in total. The Kier molecular flexibility index (Phi) is 9.04. The Labute approximate surface area is 221 Å². The quantitative estimate of drug-likeness (QED) is 0.335. The largest absolute Gasteiger partial charge is 0.496 e. The standard InChI is InChI=1S/C32H38O5/c1-33-27-15-7-5-13-25(27)31(19-11-9-17-29(31)35-3)21-23-37-24-22-32(20-12-10-18-30(32)36-4)26-14-6-8-16-28(26)34-2/h5-20,29-30H,21-24H2,1-4H3. The van der Waals surface area contributed by atoms with Crippen LogP contribution in [0.2, 0.25) is 0 Å². The Balaban J connectivity index is 1.53. The van der Waals surface area contributed by atoms with Crippen molar-refractivity contribution in [3.05, 3.63) is 108 Å². The number of para-hydroxylation sites is 2. The van der Waals surface area contributed by atoms with E-state index in [0.29, 0.717) is 13.2 Å². The minimum atomic E-state index is -0.390. The van der Waals surface area contributed by atoms with Gasteiger partial charge in [-0.2, -0.15) is 0 Å². The maximum absolute atomic E-state index is 6.36. The highest BCUT2D eigenvalue weighted by Crippen LogP contribution is 2.44. The first-order valence-corrected chi connectivity index (χ1v) is 12.8. The van der Waals surface area contributed by atoms with Crippen molar-refractivity contribution in [2.24, 2.45) is 0 Å². The lowest BCUT2D eigenvalue weighted by Crippen LogP contribution is -2.41. The number of rotatable bonds is 12. The molecule has 2 aliphatic rings. The third kappa shape index (κ3) is 5.30. The van der Waals surface area contributed by atoms with Crippen molar-refractivity contribution >= 4 is 0 Å². The van der Waals surface area contributed by atoms with E-state index in [0.717, 1.165) is 35.5 Å². The monoisotopic (exact) mass is 502 g/mol. The molecule has 0 spiro atoms. The van der Waals surface area contributed by atoms with Crippen molar-refractivity contribution in [1.82, 2.24) is 0 Å². The molecule has 196 valence electrons. The molecule has 0 amide bonds. The molecule has 0 aliphatic heterocycles. The van der Waals surface area contributed by atoms with Crippen LogP contribution in [0.5, 0.6) is 11.5 Å². The fraction of sp³-hybridized carbons (Fsp3) is 0.375. The molecule has 0 fully saturated rings. The van der Waals surface area contributed by atoms with E-state index in [-0.39, 0.29) is 23.0 Å². The highest BCUT2D eigenvalue weighted by atomic mass is 16.5. The van der Waals surface area contributed by atoms with Crippen LogP contribution in [0.3, 0.4) is 0 Å². The molecule has 0 saturated carbocycles. The van der Waals surface area contributed by atoms with Gasteiger partial charge in [-0.15, -0.1) is 0 Å². The summed E-state index contributed by atoms with van der Waals surface area (Å²) in [5.41, 5.74) is 1.41. The number of methoxy groups -OCH3 is 4. The fourth-order valence-electron chi connectivity index (χ4n) is 5.74. The van der Waals surface area contributed by atoms with E-state index in [1.165, 1.54) is 0 Å². The average molecular weight is 503 g/mol. The zero-order chi connectivity index (χ0) is 26.1. The van der Waals surface area contributed by atoms with Gasteiger partial charge in [0, 0.05) is 49.4 Å². The van der Waals surface area contributed by atoms with Gasteiger partial charge in [0.05, 0.1) is 26.4 Å². The van der Waals surface area contributed by atoms with E-state index in [2.05, 4.69) is 48.6 Å². The molecular weight excluding hydrogens is 464 g/mol. The van der Waals surface area contributed by atoms with Gasteiger partial charge in [0.25, 0.3) is 0 Å². The molecule has 37 heavy (non-hydrogen) atoms. The van der Waals surface area contributed by atoms with Crippen molar-refractivity contribution < 1.29 is 23.7 Å². The Bertz CT molecular complexity index is 1060. The Hall–Kier alpha value is -3.12. The Morgan fingerprint density at radius 2 is 1.03 bits per heavy atom. The Morgan fingerprint density at radius 1 is 0.595 bits per heavy atom. The van der Waals surface area contributed by atoms with Gasteiger partial charge in [0.2, 0.25) is 0 Å². The number of hydrogen-bond acceptors (Lipinski definition) is 5. The van der Waals surface area contributed by atoms with Crippen molar-refractivity contribution in [1.29, 1.82) is 0 Å². The summed E-state index contributed by atoms with van der Waals surface area (Å²) in [6, 6.07) is 16.3. The van der Waals surface area contributed by atoms with Crippen LogP contribution >= 0.6 is 0 Å². The van der Waals surface area contributed by atoms with Crippen molar-refractivity contribution in [3.63, 3.8) is 0 Å². The van der Waals surface area contributed by atoms with Crippen LogP contribution < -0.4 is 9.47 Å². The third-order valence-corrected chi connectivity index (χ3v) is 7.64. The summed E-state index contributed by atoms with van der Waals surface area (Å²) >= 11 is 0. The van der Waals surface area contributed by atoms with E-state index in [1.807, 2.05) is 48.6 Å². The van der Waals surface area contributed by atoms with E-state index in [4.69, 9.17) is 23.7 Å². The van der Waals surface area contributed by atoms with Crippen molar-refractivity contribution in [2.45, 2.75) is 35.9 Å².